The summed E-state index contributed by atoms with van der Waals surface area (Å²) in [4.78, 5) is 12.5. The Morgan fingerprint density at radius 3 is 2.59 bits per heavy atom. The number of allylic oxidation sites excluding steroid dienone is 1. The molecule has 0 radical (unpaired) electrons. The number of carbonyl (C=O) groups excluding carboxylic acids is 1. The fourth-order valence-corrected chi connectivity index (χ4v) is 2.80. The van der Waals surface area contributed by atoms with Gasteiger partial charge in [-0.05, 0) is 42.0 Å². The molecular formula is C23H18O4. The van der Waals surface area contributed by atoms with Gasteiger partial charge in [0.2, 0.25) is 6.79 Å². The summed E-state index contributed by atoms with van der Waals surface area (Å²) in [5.74, 6) is 1.89. The van der Waals surface area contributed by atoms with E-state index < -0.39 is 0 Å². The number of rotatable bonds is 6. The molecule has 1 aliphatic heterocycles. The second kappa shape index (κ2) is 7.79. The van der Waals surface area contributed by atoms with Gasteiger partial charge in [0.05, 0.1) is 0 Å². The van der Waals surface area contributed by atoms with Crippen LogP contribution in [0.25, 0.3) is 6.08 Å². The third kappa shape index (κ3) is 4.01. The molecule has 0 atom stereocenters. The van der Waals surface area contributed by atoms with Crippen LogP contribution < -0.4 is 14.2 Å². The Balaban J connectivity index is 1.48. The molecule has 0 saturated heterocycles. The molecule has 3 aromatic carbocycles. The number of ketones is 1. The van der Waals surface area contributed by atoms with Crippen LogP contribution in [0.3, 0.4) is 0 Å². The number of para-hydroxylation sites is 1. The van der Waals surface area contributed by atoms with Crippen LogP contribution in [0, 0.1) is 0 Å². The van der Waals surface area contributed by atoms with Crippen LogP contribution in [0.15, 0.2) is 78.9 Å². The molecule has 0 unspecified atom stereocenters. The van der Waals surface area contributed by atoms with E-state index in [1.54, 1.807) is 30.4 Å². The van der Waals surface area contributed by atoms with E-state index >= 15 is 0 Å². The average molecular weight is 358 g/mol. The van der Waals surface area contributed by atoms with Gasteiger partial charge in [-0.2, -0.15) is 0 Å². The molecule has 4 heteroatoms. The Hall–Kier alpha value is -3.53. The number of fused-ring (bicyclic) bond motifs is 1. The third-order valence-corrected chi connectivity index (χ3v) is 4.23. The molecule has 0 aliphatic carbocycles. The van der Waals surface area contributed by atoms with Crippen LogP contribution in [-0.4, -0.2) is 12.6 Å². The molecule has 0 amide bonds. The van der Waals surface area contributed by atoms with Crippen molar-refractivity contribution in [2.45, 2.75) is 6.61 Å². The minimum atomic E-state index is -0.105. The van der Waals surface area contributed by atoms with Crippen LogP contribution in [-0.2, 0) is 6.61 Å². The zero-order chi connectivity index (χ0) is 18.5. The number of benzene rings is 3. The summed E-state index contributed by atoms with van der Waals surface area (Å²) >= 11 is 0. The lowest BCUT2D eigenvalue weighted by molar-refractivity contribution is 0.104. The maximum Gasteiger partial charge on any atom is 0.231 e. The predicted molar refractivity (Wildman–Crippen MR) is 103 cm³/mol. The fourth-order valence-electron chi connectivity index (χ4n) is 2.80. The second-order valence-electron chi connectivity index (χ2n) is 6.08. The van der Waals surface area contributed by atoms with Gasteiger partial charge < -0.3 is 14.2 Å². The van der Waals surface area contributed by atoms with Gasteiger partial charge in [0.1, 0.15) is 12.4 Å². The van der Waals surface area contributed by atoms with Crippen molar-refractivity contribution >= 4 is 11.9 Å². The van der Waals surface area contributed by atoms with Crippen molar-refractivity contribution in [1.82, 2.24) is 0 Å². The van der Waals surface area contributed by atoms with Gasteiger partial charge in [0.25, 0.3) is 0 Å². The molecule has 0 spiro atoms. The highest BCUT2D eigenvalue weighted by molar-refractivity contribution is 6.07. The number of carbonyl (C=O) groups is 1. The van der Waals surface area contributed by atoms with Crippen LogP contribution in [0.4, 0.5) is 0 Å². The quantitative estimate of drug-likeness (QED) is 0.465. The summed E-state index contributed by atoms with van der Waals surface area (Å²) in [5, 5.41) is 0. The molecular weight excluding hydrogens is 340 g/mol. The van der Waals surface area contributed by atoms with E-state index in [2.05, 4.69) is 0 Å². The molecule has 0 bridgehead atoms. The lowest BCUT2D eigenvalue weighted by Gasteiger charge is -2.09. The zero-order valence-electron chi connectivity index (χ0n) is 14.6. The molecule has 1 heterocycles. The predicted octanol–water partition coefficient (Wildman–Crippen LogP) is 4.89. The number of ether oxygens (including phenoxy) is 3. The van der Waals surface area contributed by atoms with Crippen molar-refractivity contribution in [3.63, 3.8) is 0 Å². The third-order valence-electron chi connectivity index (χ3n) is 4.23. The summed E-state index contributed by atoms with van der Waals surface area (Å²) in [6, 6.07) is 22.8. The second-order valence-corrected chi connectivity index (χ2v) is 6.08. The smallest absolute Gasteiger partial charge is 0.231 e. The molecule has 4 nitrogen and oxygen atoms in total. The van der Waals surface area contributed by atoms with Crippen molar-refractivity contribution < 1.29 is 19.0 Å². The van der Waals surface area contributed by atoms with Crippen molar-refractivity contribution in [2.75, 3.05) is 6.79 Å². The van der Waals surface area contributed by atoms with E-state index in [1.807, 2.05) is 54.6 Å². The van der Waals surface area contributed by atoms with Gasteiger partial charge in [-0.15, -0.1) is 0 Å². The Labute approximate surface area is 157 Å². The van der Waals surface area contributed by atoms with Crippen molar-refractivity contribution in [1.29, 1.82) is 0 Å². The first-order valence-electron chi connectivity index (χ1n) is 8.67. The van der Waals surface area contributed by atoms with Crippen molar-refractivity contribution in [2.24, 2.45) is 0 Å². The number of hydrogen-bond donors (Lipinski definition) is 0. The summed E-state index contributed by atoms with van der Waals surface area (Å²) in [6.07, 6.45) is 3.31. The molecule has 27 heavy (non-hydrogen) atoms. The van der Waals surface area contributed by atoms with E-state index in [1.165, 1.54) is 0 Å². The molecule has 0 fully saturated rings. The average Bonchev–Trinajstić information content (AvgIpc) is 3.19. The SMILES string of the molecule is O=C(/C=C/c1ccccc1OCc1ccccc1)c1ccc2c(c1)OCO2. The van der Waals surface area contributed by atoms with Gasteiger partial charge in [-0.1, -0.05) is 48.5 Å². The molecule has 0 aromatic heterocycles. The summed E-state index contributed by atoms with van der Waals surface area (Å²) in [6.45, 7) is 0.663. The molecule has 0 N–H and O–H groups in total. The topological polar surface area (TPSA) is 44.8 Å². The Bertz CT molecular complexity index is 977. The monoisotopic (exact) mass is 358 g/mol. The van der Waals surface area contributed by atoms with Crippen LogP contribution >= 0.6 is 0 Å². The Morgan fingerprint density at radius 1 is 0.926 bits per heavy atom. The lowest BCUT2D eigenvalue weighted by atomic mass is 10.1. The maximum absolute atomic E-state index is 12.5. The minimum Gasteiger partial charge on any atom is -0.488 e. The maximum atomic E-state index is 12.5. The normalized spacial score (nSPS) is 12.3. The van der Waals surface area contributed by atoms with E-state index in [-0.39, 0.29) is 12.6 Å². The first kappa shape index (κ1) is 16.9. The highest BCUT2D eigenvalue weighted by Crippen LogP contribution is 2.32. The van der Waals surface area contributed by atoms with E-state index in [9.17, 15) is 4.79 Å². The molecule has 3 aromatic rings. The van der Waals surface area contributed by atoms with Crippen LogP contribution in [0.1, 0.15) is 21.5 Å². The van der Waals surface area contributed by atoms with Gasteiger partial charge in [-0.3, -0.25) is 4.79 Å². The number of hydrogen-bond acceptors (Lipinski definition) is 4. The zero-order valence-corrected chi connectivity index (χ0v) is 14.6. The van der Waals surface area contributed by atoms with Gasteiger partial charge in [0.15, 0.2) is 17.3 Å². The van der Waals surface area contributed by atoms with Crippen molar-refractivity contribution in [3.8, 4) is 17.2 Å². The molecule has 0 saturated carbocycles. The standard InChI is InChI=1S/C23H18O4/c24-20(19-11-13-22-23(14-19)27-16-26-22)12-10-18-8-4-5-9-21(18)25-15-17-6-2-1-3-7-17/h1-14H,15-16H2/b12-10+. The van der Waals surface area contributed by atoms with E-state index in [4.69, 9.17) is 14.2 Å². The largest absolute Gasteiger partial charge is 0.488 e. The first-order valence-corrected chi connectivity index (χ1v) is 8.67. The summed E-state index contributed by atoms with van der Waals surface area (Å²) < 4.78 is 16.5. The van der Waals surface area contributed by atoms with Gasteiger partial charge in [0, 0.05) is 11.1 Å². The Morgan fingerprint density at radius 2 is 1.70 bits per heavy atom. The van der Waals surface area contributed by atoms with E-state index in [0.29, 0.717) is 23.7 Å². The lowest BCUT2D eigenvalue weighted by Crippen LogP contribution is -1.97. The van der Waals surface area contributed by atoms with Crippen LogP contribution in [0.2, 0.25) is 0 Å². The van der Waals surface area contributed by atoms with Gasteiger partial charge >= 0.3 is 0 Å². The summed E-state index contributed by atoms with van der Waals surface area (Å²) in [7, 11) is 0. The van der Waals surface area contributed by atoms with E-state index in [0.717, 1.165) is 16.9 Å². The molecule has 134 valence electrons. The highest BCUT2D eigenvalue weighted by Gasteiger charge is 2.15. The van der Waals surface area contributed by atoms with Gasteiger partial charge in [-0.25, -0.2) is 0 Å². The first-order chi connectivity index (χ1) is 13.3. The highest BCUT2D eigenvalue weighted by atomic mass is 16.7. The molecule has 4 rings (SSSR count). The van der Waals surface area contributed by atoms with Crippen molar-refractivity contribution in [3.05, 3.63) is 95.6 Å². The van der Waals surface area contributed by atoms with Crippen LogP contribution in [0.5, 0.6) is 17.2 Å². The minimum absolute atomic E-state index is 0.105. The Kier molecular flexibility index (Phi) is 4.88. The fraction of sp³-hybridized carbons (Fsp3) is 0.0870. The molecule has 1 aliphatic rings. The summed E-state index contributed by atoms with van der Waals surface area (Å²) in [5.41, 5.74) is 2.49.